The lowest BCUT2D eigenvalue weighted by atomic mass is 9.98. The van der Waals surface area contributed by atoms with Gasteiger partial charge in [0.25, 0.3) is 0 Å². The molecule has 0 aliphatic heterocycles. The highest BCUT2D eigenvalue weighted by Crippen LogP contribution is 2.11. The molecule has 0 fully saturated rings. The molecule has 4 nitrogen and oxygen atoms in total. The number of ether oxygens (including phenoxy) is 2. The standard InChI is InChI=1S/C11H23NO3/c1-4-8-14-9-6-7-11(3,12)10(13)15-5-2/h4-9,12H2,1-3H3. The molecule has 0 bridgehead atoms. The highest BCUT2D eigenvalue weighted by atomic mass is 16.5. The summed E-state index contributed by atoms with van der Waals surface area (Å²) in [5.41, 5.74) is 4.95. The fraction of sp³-hybridized carbons (Fsp3) is 0.909. The maximum absolute atomic E-state index is 11.4. The molecule has 1 atom stereocenters. The molecular weight excluding hydrogens is 194 g/mol. The molecule has 0 rings (SSSR count). The van der Waals surface area contributed by atoms with E-state index in [0.29, 0.717) is 19.6 Å². The molecule has 4 heteroatoms. The minimum atomic E-state index is -0.883. The molecule has 0 aromatic carbocycles. The molecule has 0 aromatic heterocycles. The van der Waals surface area contributed by atoms with Crippen LogP contribution in [-0.4, -0.2) is 31.3 Å². The predicted octanol–water partition coefficient (Wildman–Crippen LogP) is 1.47. The molecule has 15 heavy (non-hydrogen) atoms. The third-order valence-electron chi connectivity index (χ3n) is 2.07. The second-order valence-electron chi connectivity index (χ2n) is 3.85. The lowest BCUT2D eigenvalue weighted by Gasteiger charge is -2.21. The van der Waals surface area contributed by atoms with Crippen LogP contribution in [0.3, 0.4) is 0 Å². The lowest BCUT2D eigenvalue weighted by molar-refractivity contribution is -0.149. The average molecular weight is 217 g/mol. The Morgan fingerprint density at radius 2 is 2.00 bits per heavy atom. The molecule has 2 N–H and O–H groups in total. The van der Waals surface area contributed by atoms with Crippen molar-refractivity contribution in [1.82, 2.24) is 0 Å². The van der Waals surface area contributed by atoms with Crippen LogP contribution < -0.4 is 5.73 Å². The van der Waals surface area contributed by atoms with Crippen molar-refractivity contribution in [2.45, 2.75) is 45.6 Å². The Hall–Kier alpha value is -0.610. The first-order valence-corrected chi connectivity index (χ1v) is 5.58. The Labute approximate surface area is 92.1 Å². The average Bonchev–Trinajstić information content (AvgIpc) is 2.18. The summed E-state index contributed by atoms with van der Waals surface area (Å²) < 4.78 is 10.2. The Balaban J connectivity index is 3.68. The molecule has 0 saturated heterocycles. The van der Waals surface area contributed by atoms with Crippen LogP contribution in [0.5, 0.6) is 0 Å². The van der Waals surface area contributed by atoms with Crippen molar-refractivity contribution in [3.8, 4) is 0 Å². The van der Waals surface area contributed by atoms with Crippen molar-refractivity contribution in [1.29, 1.82) is 0 Å². The van der Waals surface area contributed by atoms with Gasteiger partial charge in [-0.05, 0) is 33.1 Å². The van der Waals surface area contributed by atoms with Gasteiger partial charge in [0.1, 0.15) is 5.54 Å². The Morgan fingerprint density at radius 3 is 2.53 bits per heavy atom. The molecule has 1 unspecified atom stereocenters. The minimum absolute atomic E-state index is 0.333. The van der Waals surface area contributed by atoms with Crippen molar-refractivity contribution >= 4 is 5.97 Å². The number of hydrogen-bond acceptors (Lipinski definition) is 4. The molecule has 0 heterocycles. The predicted molar refractivity (Wildman–Crippen MR) is 59.6 cm³/mol. The van der Waals surface area contributed by atoms with E-state index in [1.54, 1.807) is 13.8 Å². The SMILES string of the molecule is CCCOCCCC(C)(N)C(=O)OCC. The molecule has 0 amide bonds. The zero-order valence-corrected chi connectivity index (χ0v) is 10.0. The van der Waals surface area contributed by atoms with Gasteiger partial charge in [0.05, 0.1) is 6.61 Å². The number of carbonyl (C=O) groups excluding carboxylic acids is 1. The van der Waals surface area contributed by atoms with E-state index in [-0.39, 0.29) is 5.97 Å². The van der Waals surface area contributed by atoms with Gasteiger partial charge in [-0.2, -0.15) is 0 Å². The molecule has 0 spiro atoms. The topological polar surface area (TPSA) is 61.5 Å². The molecule has 0 aromatic rings. The molecule has 90 valence electrons. The van der Waals surface area contributed by atoms with E-state index in [9.17, 15) is 4.79 Å². The number of esters is 1. The fourth-order valence-electron chi connectivity index (χ4n) is 1.19. The van der Waals surface area contributed by atoms with Crippen LogP contribution in [0.4, 0.5) is 0 Å². The maximum Gasteiger partial charge on any atom is 0.325 e. The van der Waals surface area contributed by atoms with Crippen molar-refractivity contribution in [3.05, 3.63) is 0 Å². The summed E-state index contributed by atoms with van der Waals surface area (Å²) in [6, 6.07) is 0. The first-order chi connectivity index (χ1) is 7.04. The van der Waals surface area contributed by atoms with Crippen molar-refractivity contribution < 1.29 is 14.3 Å². The number of rotatable bonds is 8. The van der Waals surface area contributed by atoms with Crippen LogP contribution in [0, 0.1) is 0 Å². The van der Waals surface area contributed by atoms with E-state index in [0.717, 1.165) is 19.4 Å². The van der Waals surface area contributed by atoms with E-state index in [4.69, 9.17) is 15.2 Å². The Kier molecular flexibility index (Phi) is 7.34. The first-order valence-electron chi connectivity index (χ1n) is 5.58. The van der Waals surface area contributed by atoms with E-state index in [1.165, 1.54) is 0 Å². The van der Waals surface area contributed by atoms with Crippen molar-refractivity contribution in [3.63, 3.8) is 0 Å². The van der Waals surface area contributed by atoms with Gasteiger partial charge in [0, 0.05) is 13.2 Å². The van der Waals surface area contributed by atoms with Crippen LogP contribution in [0.2, 0.25) is 0 Å². The third kappa shape index (κ3) is 6.47. The summed E-state index contributed by atoms with van der Waals surface area (Å²) in [5.74, 6) is -0.333. The smallest absolute Gasteiger partial charge is 0.325 e. The minimum Gasteiger partial charge on any atom is -0.465 e. The largest absolute Gasteiger partial charge is 0.465 e. The van der Waals surface area contributed by atoms with Crippen molar-refractivity contribution in [2.24, 2.45) is 5.73 Å². The zero-order valence-electron chi connectivity index (χ0n) is 10.0. The Bertz CT molecular complexity index is 181. The molecule has 0 saturated carbocycles. The monoisotopic (exact) mass is 217 g/mol. The molecule has 0 aliphatic carbocycles. The molecule has 0 aliphatic rings. The van der Waals surface area contributed by atoms with Gasteiger partial charge in [-0.1, -0.05) is 6.92 Å². The highest BCUT2D eigenvalue weighted by Gasteiger charge is 2.28. The first kappa shape index (κ1) is 14.4. The number of hydrogen-bond donors (Lipinski definition) is 1. The summed E-state index contributed by atoms with van der Waals surface area (Å²) >= 11 is 0. The lowest BCUT2D eigenvalue weighted by Crippen LogP contribution is -2.46. The summed E-state index contributed by atoms with van der Waals surface area (Å²) in [6.07, 6.45) is 2.39. The van der Waals surface area contributed by atoms with Gasteiger partial charge in [-0.15, -0.1) is 0 Å². The van der Waals surface area contributed by atoms with Crippen LogP contribution in [0.1, 0.15) is 40.0 Å². The van der Waals surface area contributed by atoms with Crippen molar-refractivity contribution in [2.75, 3.05) is 19.8 Å². The van der Waals surface area contributed by atoms with Crippen LogP contribution >= 0.6 is 0 Å². The van der Waals surface area contributed by atoms with Crippen LogP contribution in [0.25, 0.3) is 0 Å². The quantitative estimate of drug-likeness (QED) is 0.494. The van der Waals surface area contributed by atoms with Crippen LogP contribution in [-0.2, 0) is 14.3 Å². The summed E-state index contributed by atoms with van der Waals surface area (Å²) in [5, 5.41) is 0. The van der Waals surface area contributed by atoms with E-state index in [1.807, 2.05) is 0 Å². The van der Waals surface area contributed by atoms with Gasteiger partial charge in [0.2, 0.25) is 0 Å². The van der Waals surface area contributed by atoms with E-state index >= 15 is 0 Å². The molecular formula is C11H23NO3. The fourth-order valence-corrected chi connectivity index (χ4v) is 1.19. The maximum atomic E-state index is 11.4. The van der Waals surface area contributed by atoms with Gasteiger partial charge in [-0.3, -0.25) is 4.79 Å². The normalized spacial score (nSPS) is 14.7. The van der Waals surface area contributed by atoms with E-state index in [2.05, 4.69) is 6.92 Å². The summed E-state index contributed by atoms with van der Waals surface area (Å²) in [6.45, 7) is 7.33. The van der Waals surface area contributed by atoms with Gasteiger partial charge >= 0.3 is 5.97 Å². The van der Waals surface area contributed by atoms with Gasteiger partial charge in [-0.25, -0.2) is 0 Å². The summed E-state index contributed by atoms with van der Waals surface area (Å²) in [4.78, 5) is 11.4. The number of nitrogens with two attached hydrogens (primary N) is 1. The zero-order chi connectivity index (χ0) is 11.7. The second-order valence-corrected chi connectivity index (χ2v) is 3.85. The number of carbonyl (C=O) groups is 1. The summed E-state index contributed by atoms with van der Waals surface area (Å²) in [7, 11) is 0. The molecule has 0 radical (unpaired) electrons. The van der Waals surface area contributed by atoms with Crippen LogP contribution in [0.15, 0.2) is 0 Å². The Morgan fingerprint density at radius 1 is 1.33 bits per heavy atom. The van der Waals surface area contributed by atoms with E-state index < -0.39 is 5.54 Å². The third-order valence-corrected chi connectivity index (χ3v) is 2.07. The van der Waals surface area contributed by atoms with Gasteiger partial charge < -0.3 is 15.2 Å². The second kappa shape index (κ2) is 7.65. The highest BCUT2D eigenvalue weighted by molar-refractivity contribution is 5.79. The van der Waals surface area contributed by atoms with Gasteiger partial charge in [0.15, 0.2) is 0 Å².